The minimum atomic E-state index is -0.250. The van der Waals surface area contributed by atoms with Gasteiger partial charge in [0.25, 0.3) is 5.91 Å². The van der Waals surface area contributed by atoms with Crippen LogP contribution in [0.1, 0.15) is 30.9 Å². The number of alkyl halides is 1. The summed E-state index contributed by atoms with van der Waals surface area (Å²) >= 11 is 5.45. The zero-order valence-corrected chi connectivity index (χ0v) is 14.3. The number of carbonyl (C=O) groups excluding carboxylic acids is 2. The van der Waals surface area contributed by atoms with Gasteiger partial charge in [-0.3, -0.25) is 9.59 Å². The van der Waals surface area contributed by atoms with E-state index < -0.39 is 0 Å². The summed E-state index contributed by atoms with van der Waals surface area (Å²) in [6, 6.07) is 7.98. The molecule has 0 aliphatic carbocycles. The summed E-state index contributed by atoms with van der Waals surface area (Å²) in [4.78, 5) is 23.8. The second-order valence-electron chi connectivity index (χ2n) is 5.59. The molecule has 0 radical (unpaired) electrons. The van der Waals surface area contributed by atoms with Gasteiger partial charge in [0.2, 0.25) is 5.91 Å². The third-order valence-corrected chi connectivity index (χ3v) is 4.27. The highest BCUT2D eigenvalue weighted by Crippen LogP contribution is 2.23. The SMILES string of the molecule is CCC1=NN(Cc2ccccc2C)C(=O)C1CCNC(=O)CCl. The van der Waals surface area contributed by atoms with E-state index in [1.807, 2.05) is 38.1 Å². The Morgan fingerprint density at radius 1 is 1.39 bits per heavy atom. The first-order chi connectivity index (χ1) is 11.1. The maximum atomic E-state index is 12.6. The van der Waals surface area contributed by atoms with Crippen molar-refractivity contribution in [2.75, 3.05) is 12.4 Å². The number of benzene rings is 1. The van der Waals surface area contributed by atoms with Crippen molar-refractivity contribution in [1.29, 1.82) is 0 Å². The molecule has 2 rings (SSSR count). The monoisotopic (exact) mass is 335 g/mol. The zero-order valence-electron chi connectivity index (χ0n) is 13.5. The molecule has 6 heteroatoms. The second kappa shape index (κ2) is 8.11. The lowest BCUT2D eigenvalue weighted by atomic mass is 9.97. The fourth-order valence-corrected chi connectivity index (χ4v) is 2.76. The van der Waals surface area contributed by atoms with Crippen molar-refractivity contribution in [3.8, 4) is 0 Å². The number of rotatable bonds is 7. The third-order valence-electron chi connectivity index (χ3n) is 4.02. The first-order valence-corrected chi connectivity index (χ1v) is 8.36. The molecule has 23 heavy (non-hydrogen) atoms. The van der Waals surface area contributed by atoms with Gasteiger partial charge >= 0.3 is 0 Å². The van der Waals surface area contributed by atoms with Crippen LogP contribution in [0.4, 0.5) is 0 Å². The molecule has 124 valence electrons. The van der Waals surface area contributed by atoms with Gasteiger partial charge in [0.15, 0.2) is 0 Å². The van der Waals surface area contributed by atoms with Crippen LogP contribution in [-0.4, -0.2) is 35.0 Å². The fraction of sp³-hybridized carbons (Fsp3) is 0.471. The van der Waals surface area contributed by atoms with E-state index in [4.69, 9.17) is 11.6 Å². The normalized spacial score (nSPS) is 17.3. The van der Waals surface area contributed by atoms with E-state index in [0.717, 1.165) is 23.3 Å². The Kier molecular flexibility index (Phi) is 6.16. The molecule has 0 fully saturated rings. The van der Waals surface area contributed by atoms with Gasteiger partial charge < -0.3 is 5.32 Å². The Balaban J connectivity index is 2.01. The van der Waals surface area contributed by atoms with Crippen LogP contribution in [0.2, 0.25) is 0 Å². The van der Waals surface area contributed by atoms with Crippen molar-refractivity contribution in [3.05, 3.63) is 35.4 Å². The number of carbonyl (C=O) groups is 2. The molecule has 2 amide bonds. The predicted octanol–water partition coefficient (Wildman–Crippen LogP) is 2.46. The average molecular weight is 336 g/mol. The van der Waals surface area contributed by atoms with Gasteiger partial charge in [0, 0.05) is 6.54 Å². The molecule has 0 saturated heterocycles. The van der Waals surface area contributed by atoms with Crippen molar-refractivity contribution in [3.63, 3.8) is 0 Å². The summed E-state index contributed by atoms with van der Waals surface area (Å²) in [5.74, 6) is -0.527. The molecule has 0 saturated carbocycles. The number of hydrogen-bond acceptors (Lipinski definition) is 3. The van der Waals surface area contributed by atoms with Crippen molar-refractivity contribution in [2.45, 2.75) is 33.2 Å². The van der Waals surface area contributed by atoms with E-state index in [1.54, 1.807) is 5.01 Å². The highest BCUT2D eigenvalue weighted by atomic mass is 35.5. The van der Waals surface area contributed by atoms with E-state index in [2.05, 4.69) is 10.4 Å². The molecule has 0 spiro atoms. The van der Waals surface area contributed by atoms with Gasteiger partial charge in [-0.05, 0) is 30.9 Å². The quantitative estimate of drug-likeness (QED) is 0.778. The standard InChI is InChI=1S/C17H22ClN3O2/c1-3-15-14(8-9-19-16(22)10-18)17(23)21(20-15)11-13-7-5-4-6-12(13)2/h4-7,14H,3,8-11H2,1-2H3,(H,19,22). The predicted molar refractivity (Wildman–Crippen MR) is 91.3 cm³/mol. The van der Waals surface area contributed by atoms with E-state index in [-0.39, 0.29) is 23.6 Å². The lowest BCUT2D eigenvalue weighted by Crippen LogP contribution is -2.32. The van der Waals surface area contributed by atoms with Crippen LogP contribution in [0.5, 0.6) is 0 Å². The highest BCUT2D eigenvalue weighted by Gasteiger charge is 2.34. The molecule has 5 nitrogen and oxygen atoms in total. The molecule has 1 heterocycles. The van der Waals surface area contributed by atoms with Gasteiger partial charge in [0.1, 0.15) is 5.88 Å². The Labute approximate surface area is 141 Å². The van der Waals surface area contributed by atoms with Crippen molar-refractivity contribution >= 4 is 29.1 Å². The number of amides is 2. The lowest BCUT2D eigenvalue weighted by molar-refractivity contribution is -0.132. The summed E-state index contributed by atoms with van der Waals surface area (Å²) in [5.41, 5.74) is 3.12. The Bertz CT molecular complexity index is 616. The summed E-state index contributed by atoms with van der Waals surface area (Å²) in [7, 11) is 0. The first-order valence-electron chi connectivity index (χ1n) is 7.82. The molecule has 1 aromatic rings. The molecular weight excluding hydrogens is 314 g/mol. The first kappa shape index (κ1) is 17.5. The summed E-state index contributed by atoms with van der Waals surface area (Å²) in [5, 5.41) is 8.74. The largest absolute Gasteiger partial charge is 0.355 e. The van der Waals surface area contributed by atoms with Crippen molar-refractivity contribution in [1.82, 2.24) is 10.3 Å². The Morgan fingerprint density at radius 3 is 2.78 bits per heavy atom. The van der Waals surface area contributed by atoms with Crippen LogP contribution in [0, 0.1) is 12.8 Å². The minimum absolute atomic E-state index is 0.00484. The van der Waals surface area contributed by atoms with Crippen LogP contribution >= 0.6 is 11.6 Å². The smallest absolute Gasteiger partial charge is 0.251 e. The summed E-state index contributed by atoms with van der Waals surface area (Å²) in [6.45, 7) is 4.94. The van der Waals surface area contributed by atoms with Crippen LogP contribution in [0.15, 0.2) is 29.4 Å². The van der Waals surface area contributed by atoms with Crippen LogP contribution in [-0.2, 0) is 16.1 Å². The fourth-order valence-electron chi connectivity index (χ4n) is 2.67. The Morgan fingerprint density at radius 2 is 2.13 bits per heavy atom. The van der Waals surface area contributed by atoms with Gasteiger partial charge in [-0.2, -0.15) is 5.10 Å². The van der Waals surface area contributed by atoms with Crippen LogP contribution in [0.3, 0.4) is 0 Å². The van der Waals surface area contributed by atoms with Crippen molar-refractivity contribution < 1.29 is 9.59 Å². The van der Waals surface area contributed by atoms with Gasteiger partial charge in [-0.25, -0.2) is 5.01 Å². The second-order valence-corrected chi connectivity index (χ2v) is 5.86. The maximum Gasteiger partial charge on any atom is 0.251 e. The molecule has 1 atom stereocenters. The third kappa shape index (κ3) is 4.32. The molecular formula is C17H22ClN3O2. The molecule has 0 aromatic heterocycles. The maximum absolute atomic E-state index is 12.6. The Hall–Kier alpha value is -1.88. The number of hydrogen-bond donors (Lipinski definition) is 1. The van der Waals surface area contributed by atoms with Crippen LogP contribution in [0.25, 0.3) is 0 Å². The topological polar surface area (TPSA) is 61.8 Å². The number of aryl methyl sites for hydroxylation is 1. The lowest BCUT2D eigenvalue weighted by Gasteiger charge is -2.16. The molecule has 0 bridgehead atoms. The number of nitrogens with one attached hydrogen (secondary N) is 1. The van der Waals surface area contributed by atoms with Crippen molar-refractivity contribution in [2.24, 2.45) is 11.0 Å². The minimum Gasteiger partial charge on any atom is -0.355 e. The number of hydrazone groups is 1. The van der Waals surface area contributed by atoms with E-state index in [1.165, 1.54) is 0 Å². The van der Waals surface area contributed by atoms with Gasteiger partial charge in [-0.15, -0.1) is 11.6 Å². The van der Waals surface area contributed by atoms with Crippen LogP contribution < -0.4 is 5.32 Å². The van der Waals surface area contributed by atoms with E-state index in [9.17, 15) is 9.59 Å². The number of halogens is 1. The van der Waals surface area contributed by atoms with E-state index >= 15 is 0 Å². The van der Waals surface area contributed by atoms with E-state index in [0.29, 0.717) is 19.5 Å². The summed E-state index contributed by atoms with van der Waals surface area (Å²) in [6.07, 6.45) is 1.28. The molecule has 1 aliphatic rings. The zero-order chi connectivity index (χ0) is 16.8. The molecule has 1 aromatic carbocycles. The summed E-state index contributed by atoms with van der Waals surface area (Å²) < 4.78 is 0. The highest BCUT2D eigenvalue weighted by molar-refractivity contribution is 6.27. The number of nitrogens with zero attached hydrogens (tertiary/aromatic N) is 2. The van der Waals surface area contributed by atoms with Gasteiger partial charge in [-0.1, -0.05) is 31.2 Å². The molecule has 1 aliphatic heterocycles. The van der Waals surface area contributed by atoms with Gasteiger partial charge in [0.05, 0.1) is 18.2 Å². The molecule has 1 unspecified atom stereocenters. The average Bonchev–Trinajstić information content (AvgIpc) is 2.85. The molecule has 1 N–H and O–H groups in total.